The highest BCUT2D eigenvalue weighted by atomic mass is 32.1. The Hall–Kier alpha value is -1.57. The second-order valence-corrected chi connectivity index (χ2v) is 6.38. The minimum atomic E-state index is 0.0451. The fraction of sp³-hybridized carbons (Fsp3) is 0.308. The summed E-state index contributed by atoms with van der Waals surface area (Å²) in [5.41, 5.74) is 0.963. The van der Waals surface area contributed by atoms with Crippen LogP contribution in [0.25, 0.3) is 10.3 Å². The maximum Gasteiger partial charge on any atom is 0.188 e. The molecule has 0 aromatic carbocycles. The second kappa shape index (κ2) is 5.08. The molecule has 1 unspecified atom stereocenters. The van der Waals surface area contributed by atoms with E-state index in [-0.39, 0.29) is 6.10 Å². The van der Waals surface area contributed by atoms with Crippen molar-refractivity contribution in [2.75, 3.05) is 24.6 Å². The Balaban J connectivity index is 1.61. The summed E-state index contributed by atoms with van der Waals surface area (Å²) in [4.78, 5) is 16.6. The number of anilines is 1. The summed E-state index contributed by atoms with van der Waals surface area (Å²) < 4.78 is 5.82. The summed E-state index contributed by atoms with van der Waals surface area (Å²) in [6, 6.07) is 3.92. The Bertz CT molecular complexity index is 679. The highest BCUT2D eigenvalue weighted by Crippen LogP contribution is 2.31. The van der Waals surface area contributed by atoms with Crippen molar-refractivity contribution in [1.82, 2.24) is 15.0 Å². The van der Waals surface area contributed by atoms with Crippen molar-refractivity contribution in [3.05, 3.63) is 34.9 Å². The molecule has 0 radical (unpaired) electrons. The van der Waals surface area contributed by atoms with Crippen molar-refractivity contribution in [2.45, 2.75) is 6.10 Å². The average Bonchev–Trinajstić information content (AvgIpc) is 3.16. The third-order valence-electron chi connectivity index (χ3n) is 3.22. The SMILES string of the molecule is c1cnc2sc(N3CCOC(c4nccs4)C3)nc2c1. The van der Waals surface area contributed by atoms with E-state index >= 15 is 0 Å². The molecular formula is C13H12N4OS2. The van der Waals surface area contributed by atoms with Gasteiger partial charge in [0, 0.05) is 24.3 Å². The van der Waals surface area contributed by atoms with Gasteiger partial charge in [-0.05, 0) is 12.1 Å². The lowest BCUT2D eigenvalue weighted by Crippen LogP contribution is -2.38. The van der Waals surface area contributed by atoms with E-state index in [1.807, 2.05) is 29.9 Å². The lowest BCUT2D eigenvalue weighted by molar-refractivity contribution is 0.0396. The van der Waals surface area contributed by atoms with Gasteiger partial charge in [0.15, 0.2) is 5.13 Å². The van der Waals surface area contributed by atoms with Gasteiger partial charge in [0.1, 0.15) is 21.5 Å². The van der Waals surface area contributed by atoms with Crippen molar-refractivity contribution in [3.8, 4) is 0 Å². The van der Waals surface area contributed by atoms with Crippen molar-refractivity contribution in [2.24, 2.45) is 0 Å². The predicted molar refractivity (Wildman–Crippen MR) is 80.4 cm³/mol. The Labute approximate surface area is 123 Å². The van der Waals surface area contributed by atoms with Gasteiger partial charge in [-0.15, -0.1) is 11.3 Å². The zero-order chi connectivity index (χ0) is 13.4. The van der Waals surface area contributed by atoms with Crippen LogP contribution in [0, 0.1) is 0 Å². The van der Waals surface area contributed by atoms with E-state index in [4.69, 9.17) is 4.74 Å². The highest BCUT2D eigenvalue weighted by molar-refractivity contribution is 7.21. The van der Waals surface area contributed by atoms with Gasteiger partial charge < -0.3 is 9.64 Å². The third kappa shape index (κ3) is 2.17. The van der Waals surface area contributed by atoms with Gasteiger partial charge >= 0.3 is 0 Å². The van der Waals surface area contributed by atoms with E-state index in [9.17, 15) is 0 Å². The summed E-state index contributed by atoms with van der Waals surface area (Å²) >= 11 is 3.27. The van der Waals surface area contributed by atoms with E-state index in [0.29, 0.717) is 6.61 Å². The number of fused-ring (bicyclic) bond motifs is 1. The first-order chi connectivity index (χ1) is 9.90. The van der Waals surface area contributed by atoms with E-state index in [0.717, 1.165) is 33.6 Å². The Morgan fingerprint density at radius 2 is 2.30 bits per heavy atom. The molecule has 20 heavy (non-hydrogen) atoms. The first kappa shape index (κ1) is 12.2. The van der Waals surface area contributed by atoms with Crippen LogP contribution in [0.3, 0.4) is 0 Å². The molecule has 3 aromatic heterocycles. The maximum absolute atomic E-state index is 5.82. The highest BCUT2D eigenvalue weighted by Gasteiger charge is 2.25. The zero-order valence-corrected chi connectivity index (χ0v) is 12.2. The number of hydrogen-bond donors (Lipinski definition) is 0. The number of hydrogen-bond acceptors (Lipinski definition) is 7. The number of pyridine rings is 1. The van der Waals surface area contributed by atoms with Crippen LogP contribution in [0.5, 0.6) is 0 Å². The van der Waals surface area contributed by atoms with Gasteiger partial charge in [-0.1, -0.05) is 11.3 Å². The lowest BCUT2D eigenvalue weighted by Gasteiger charge is -2.31. The Kier molecular flexibility index (Phi) is 3.10. The van der Waals surface area contributed by atoms with E-state index < -0.39 is 0 Å². The first-order valence-electron chi connectivity index (χ1n) is 6.37. The van der Waals surface area contributed by atoms with Crippen molar-refractivity contribution in [3.63, 3.8) is 0 Å². The van der Waals surface area contributed by atoms with Gasteiger partial charge in [-0.25, -0.2) is 15.0 Å². The van der Waals surface area contributed by atoms with Crippen molar-refractivity contribution < 1.29 is 4.74 Å². The molecule has 0 aliphatic carbocycles. The number of morpholine rings is 1. The van der Waals surface area contributed by atoms with Crippen molar-refractivity contribution in [1.29, 1.82) is 0 Å². The summed E-state index contributed by atoms with van der Waals surface area (Å²) in [5, 5.41) is 4.04. The molecule has 1 aliphatic heterocycles. The molecule has 0 bridgehead atoms. The number of rotatable bonds is 2. The molecule has 5 nitrogen and oxygen atoms in total. The molecule has 0 N–H and O–H groups in total. The van der Waals surface area contributed by atoms with Crippen LogP contribution in [0.4, 0.5) is 5.13 Å². The zero-order valence-electron chi connectivity index (χ0n) is 10.6. The van der Waals surface area contributed by atoms with Gasteiger partial charge in [0.25, 0.3) is 0 Å². The molecule has 4 rings (SSSR count). The largest absolute Gasteiger partial charge is 0.367 e. The minimum absolute atomic E-state index is 0.0451. The van der Waals surface area contributed by atoms with Crippen LogP contribution in [0.1, 0.15) is 11.1 Å². The van der Waals surface area contributed by atoms with Gasteiger partial charge in [-0.2, -0.15) is 0 Å². The summed E-state index contributed by atoms with van der Waals surface area (Å²) in [6.07, 6.45) is 3.68. The number of aromatic nitrogens is 3. The molecule has 1 fully saturated rings. The maximum atomic E-state index is 5.82. The molecule has 102 valence electrons. The third-order valence-corrected chi connectivity index (χ3v) is 5.13. The van der Waals surface area contributed by atoms with Crippen LogP contribution in [-0.4, -0.2) is 34.6 Å². The van der Waals surface area contributed by atoms with Crippen molar-refractivity contribution >= 4 is 38.2 Å². The standard InChI is InChI=1S/C13H12N4OS2/c1-2-9-11(14-3-1)20-13(16-9)17-5-6-18-10(8-17)12-15-4-7-19-12/h1-4,7,10H,5-6,8H2. The molecule has 1 saturated heterocycles. The second-order valence-electron chi connectivity index (χ2n) is 4.50. The molecular weight excluding hydrogens is 292 g/mol. The van der Waals surface area contributed by atoms with E-state index in [1.54, 1.807) is 22.7 Å². The minimum Gasteiger partial charge on any atom is -0.367 e. The predicted octanol–water partition coefficient (Wildman–Crippen LogP) is 2.73. The molecule has 0 amide bonds. The first-order valence-corrected chi connectivity index (χ1v) is 8.07. The molecule has 0 spiro atoms. The van der Waals surface area contributed by atoms with Gasteiger partial charge in [0.2, 0.25) is 0 Å². The Morgan fingerprint density at radius 3 is 3.15 bits per heavy atom. The summed E-state index contributed by atoms with van der Waals surface area (Å²) in [5.74, 6) is 0. The number of nitrogens with zero attached hydrogens (tertiary/aromatic N) is 4. The number of thiazole rings is 2. The quantitative estimate of drug-likeness (QED) is 0.728. The molecule has 0 saturated carbocycles. The van der Waals surface area contributed by atoms with Gasteiger partial charge in [0.05, 0.1) is 13.2 Å². The monoisotopic (exact) mass is 304 g/mol. The molecule has 7 heteroatoms. The lowest BCUT2D eigenvalue weighted by atomic mass is 10.3. The fourth-order valence-corrected chi connectivity index (χ4v) is 3.88. The van der Waals surface area contributed by atoms with Crippen LogP contribution >= 0.6 is 22.7 Å². The van der Waals surface area contributed by atoms with Crippen LogP contribution in [0.2, 0.25) is 0 Å². The summed E-state index contributed by atoms with van der Waals surface area (Å²) in [7, 11) is 0. The normalized spacial score (nSPS) is 19.6. The fourth-order valence-electron chi connectivity index (χ4n) is 2.26. The average molecular weight is 304 g/mol. The van der Waals surface area contributed by atoms with Gasteiger partial charge in [-0.3, -0.25) is 0 Å². The Morgan fingerprint density at radius 1 is 1.30 bits per heavy atom. The molecule has 1 aliphatic rings. The summed E-state index contributed by atoms with van der Waals surface area (Å²) in [6.45, 7) is 2.36. The van der Waals surface area contributed by atoms with E-state index in [2.05, 4.69) is 19.9 Å². The number of ether oxygens (including phenoxy) is 1. The van der Waals surface area contributed by atoms with Crippen LogP contribution in [-0.2, 0) is 4.74 Å². The van der Waals surface area contributed by atoms with Crippen LogP contribution in [0.15, 0.2) is 29.9 Å². The van der Waals surface area contributed by atoms with Crippen LogP contribution < -0.4 is 4.90 Å². The van der Waals surface area contributed by atoms with E-state index in [1.165, 1.54) is 0 Å². The molecule has 3 aromatic rings. The molecule has 4 heterocycles. The smallest absolute Gasteiger partial charge is 0.188 e. The molecule has 1 atom stereocenters. The topological polar surface area (TPSA) is 51.1 Å².